The van der Waals surface area contributed by atoms with Crippen LogP contribution < -0.4 is 19.6 Å². The van der Waals surface area contributed by atoms with Crippen LogP contribution in [0.5, 0.6) is 0 Å². The van der Waals surface area contributed by atoms with Crippen LogP contribution in [0.3, 0.4) is 0 Å². The predicted octanol–water partition coefficient (Wildman–Crippen LogP) is 11.0. The van der Waals surface area contributed by atoms with Gasteiger partial charge in [-0.25, -0.2) is 0 Å². The molecule has 0 radical (unpaired) electrons. The van der Waals surface area contributed by atoms with Crippen molar-refractivity contribution in [3.8, 4) is 22.9 Å². The lowest BCUT2D eigenvalue weighted by molar-refractivity contribution is -0.134. The van der Waals surface area contributed by atoms with Gasteiger partial charge >= 0.3 is 23.6 Å². The van der Waals surface area contributed by atoms with Gasteiger partial charge in [0.2, 0.25) is 0 Å². The fourth-order valence-corrected chi connectivity index (χ4v) is 23.0. The quantitative estimate of drug-likeness (QED) is 0.0635. The van der Waals surface area contributed by atoms with Crippen molar-refractivity contribution in [2.24, 2.45) is 0 Å². The second-order valence-corrected chi connectivity index (χ2v) is 30.9. The third-order valence-electron chi connectivity index (χ3n) is 14.2. The first-order chi connectivity index (χ1) is 28.2. The van der Waals surface area contributed by atoms with E-state index < -0.39 is 50.0 Å². The molecule has 0 spiro atoms. The van der Waals surface area contributed by atoms with Crippen LogP contribution in [0, 0.1) is 22.9 Å². The van der Waals surface area contributed by atoms with Gasteiger partial charge in [-0.15, -0.1) is 11.1 Å². The highest BCUT2D eigenvalue weighted by Crippen LogP contribution is 2.67. The van der Waals surface area contributed by atoms with Crippen molar-refractivity contribution in [3.63, 3.8) is 0 Å². The number of benzene rings is 4. The first-order valence-corrected chi connectivity index (χ1v) is 26.3. The second-order valence-electron chi connectivity index (χ2n) is 18.7. The van der Waals surface area contributed by atoms with Gasteiger partial charge < -0.3 is 0 Å². The minimum atomic E-state index is -2.44. The van der Waals surface area contributed by atoms with E-state index in [1.807, 2.05) is 48.5 Å². The Hall–Kier alpha value is -4.59. The molecule has 12 heteroatoms. The zero-order valence-corrected chi connectivity index (χ0v) is 39.9. The summed E-state index contributed by atoms with van der Waals surface area (Å²) in [7, 11) is -4.87. The third kappa shape index (κ3) is 5.05. The molecule has 4 heterocycles. The van der Waals surface area contributed by atoms with Crippen LogP contribution >= 0.6 is 23.2 Å². The van der Waals surface area contributed by atoms with Crippen molar-refractivity contribution in [2.75, 3.05) is 19.6 Å². The molecular formula is C48H52Cl2N4O4Si2. The van der Waals surface area contributed by atoms with Crippen molar-refractivity contribution in [3.05, 3.63) is 71.8 Å². The number of carbonyl (C=O) groups is 4. The van der Waals surface area contributed by atoms with Gasteiger partial charge in [0.05, 0.1) is 33.9 Å². The summed E-state index contributed by atoms with van der Waals surface area (Å²) in [4.78, 5) is 64.5. The zero-order chi connectivity index (χ0) is 43.8. The van der Waals surface area contributed by atoms with E-state index in [4.69, 9.17) is 23.2 Å². The molecule has 2 saturated heterocycles. The van der Waals surface area contributed by atoms with Crippen LogP contribution in [0.2, 0.25) is 33.2 Å². The number of hydrogen-bond donors (Lipinski definition) is 0. The highest BCUT2D eigenvalue weighted by atomic mass is 35.5. The molecule has 4 aromatic rings. The Kier molecular flexibility index (Phi) is 9.81. The zero-order valence-electron chi connectivity index (χ0n) is 36.4. The first kappa shape index (κ1) is 42.1. The monoisotopic (exact) mass is 874 g/mol. The minimum absolute atomic E-state index is 0.148. The number of rotatable bonds is 6. The van der Waals surface area contributed by atoms with E-state index in [9.17, 15) is 9.59 Å². The van der Waals surface area contributed by atoms with Crippen molar-refractivity contribution in [1.82, 2.24) is 0 Å². The van der Waals surface area contributed by atoms with Gasteiger partial charge in [0.15, 0.2) is 0 Å². The number of carbonyl (C=O) groups excluding carboxylic acids is 4. The van der Waals surface area contributed by atoms with Crippen molar-refractivity contribution in [1.29, 1.82) is 0 Å². The molecule has 310 valence electrons. The number of amides is 4. The standard InChI is InChI=1S/C48H52Cl2N4O4Si2/c1-27(2)59(28(3)4,29(5)6)23-21-37-35-19-15-16-20-36(35)38(22-24-60(30(7)8,31(9)10)32(11)12)42-41(37)53-45(57)43(55)51-39-25-33-17-13-14-18-34(33)26-40(39)52-44(56)46(58)54(42)48(52,50)47(51,53)49/h13-20,25-32H,1-12H3. The first-order valence-electron chi connectivity index (χ1n) is 21.1. The highest BCUT2D eigenvalue weighted by molar-refractivity contribution is 6.91. The lowest BCUT2D eigenvalue weighted by atomic mass is 9.91. The molecule has 0 saturated carbocycles. The lowest BCUT2D eigenvalue weighted by Crippen LogP contribution is -2.77. The Labute approximate surface area is 365 Å². The molecule has 0 aromatic heterocycles. The van der Waals surface area contributed by atoms with E-state index in [0.717, 1.165) is 10.8 Å². The van der Waals surface area contributed by atoms with Crippen LogP contribution in [0.1, 0.15) is 94.2 Å². The molecule has 8 nitrogen and oxygen atoms in total. The molecule has 0 bridgehead atoms. The summed E-state index contributed by atoms with van der Waals surface area (Å²) in [6, 6.07) is 18.6. The maximum atomic E-state index is 15.1. The summed E-state index contributed by atoms with van der Waals surface area (Å²) in [6.07, 6.45) is 0. The molecule has 60 heavy (non-hydrogen) atoms. The van der Waals surface area contributed by atoms with E-state index in [1.54, 1.807) is 12.1 Å². The van der Waals surface area contributed by atoms with E-state index >= 15 is 9.59 Å². The molecule has 2 fully saturated rings. The molecule has 4 aromatic carbocycles. The van der Waals surface area contributed by atoms with Crippen molar-refractivity contribution >= 4 is 107 Å². The van der Waals surface area contributed by atoms with Crippen LogP contribution in [0.25, 0.3) is 21.5 Å². The van der Waals surface area contributed by atoms with Gasteiger partial charge in [-0.1, -0.05) is 167 Å². The van der Waals surface area contributed by atoms with Crippen LogP contribution in [-0.4, -0.2) is 50.0 Å². The van der Waals surface area contributed by atoms with E-state index in [0.29, 0.717) is 21.9 Å². The Bertz CT molecular complexity index is 2500. The molecule has 2 atom stereocenters. The van der Waals surface area contributed by atoms with Gasteiger partial charge in [-0.05, 0) is 56.2 Å². The summed E-state index contributed by atoms with van der Waals surface area (Å²) in [5.74, 6) is 3.48. The van der Waals surface area contributed by atoms with E-state index in [1.165, 1.54) is 19.6 Å². The van der Waals surface area contributed by atoms with Gasteiger partial charge in [-0.2, -0.15) is 0 Å². The second kappa shape index (κ2) is 14.0. The summed E-state index contributed by atoms with van der Waals surface area (Å²) in [5.41, 5.74) is 10.9. The fraction of sp³-hybridized carbons (Fsp3) is 0.417. The molecule has 8 rings (SSSR count). The van der Waals surface area contributed by atoms with Crippen LogP contribution in [0.15, 0.2) is 60.7 Å². The number of alkyl halides is 2. The SMILES string of the molecule is CC(C)[Si](C#Cc1c2c(c(C#C[Si](C(C)C)(C(C)C)C(C)C)c3ccccc13)N1C(=O)C(=O)N3c4cc5ccccc5cc4N4C(=O)C(=O)N2C4(Cl)C31Cl)(C(C)C)C(C)C. The molecule has 4 aliphatic heterocycles. The van der Waals surface area contributed by atoms with Crippen LogP contribution in [-0.2, 0) is 19.2 Å². The Morgan fingerprint density at radius 2 is 0.750 bits per heavy atom. The van der Waals surface area contributed by atoms with Gasteiger partial charge in [0, 0.05) is 10.8 Å². The Morgan fingerprint density at radius 3 is 1.05 bits per heavy atom. The summed E-state index contributed by atoms with van der Waals surface area (Å²) >= 11 is 15.9. The number of halogens is 2. The molecule has 4 amide bonds. The molecule has 0 aliphatic carbocycles. The lowest BCUT2D eigenvalue weighted by Gasteiger charge is -2.58. The maximum Gasteiger partial charge on any atom is 0.320 e. The number of anilines is 4. The van der Waals surface area contributed by atoms with Gasteiger partial charge in [0.25, 0.3) is 10.2 Å². The molecule has 4 aliphatic rings. The Balaban J connectivity index is 1.60. The predicted molar refractivity (Wildman–Crippen MR) is 251 cm³/mol. The number of nitrogens with zero attached hydrogens (tertiary/aromatic N) is 4. The molecule has 2 unspecified atom stereocenters. The minimum Gasteiger partial charge on any atom is -0.263 e. The van der Waals surface area contributed by atoms with Crippen molar-refractivity contribution in [2.45, 2.75) is 127 Å². The fourth-order valence-electron chi connectivity index (χ4n) is 11.6. The molecule has 0 N–H and O–H groups in total. The average Bonchev–Trinajstić information content (AvgIpc) is 3.52. The maximum absolute atomic E-state index is 15.1. The normalized spacial score (nSPS) is 20.9. The molecular weight excluding hydrogens is 824 g/mol. The topological polar surface area (TPSA) is 81.2 Å². The van der Waals surface area contributed by atoms with Gasteiger partial charge in [0.1, 0.15) is 16.1 Å². The largest absolute Gasteiger partial charge is 0.320 e. The average molecular weight is 876 g/mol. The highest BCUT2D eigenvalue weighted by Gasteiger charge is 2.82. The smallest absolute Gasteiger partial charge is 0.263 e. The summed E-state index contributed by atoms with van der Waals surface area (Å²) < 4.78 is 0. The number of hydrogen-bond acceptors (Lipinski definition) is 4. The van der Waals surface area contributed by atoms with Gasteiger partial charge in [-0.3, -0.25) is 38.8 Å². The summed E-state index contributed by atoms with van der Waals surface area (Å²) in [5, 5.41) is -1.79. The van der Waals surface area contributed by atoms with Crippen molar-refractivity contribution < 1.29 is 19.2 Å². The summed E-state index contributed by atoms with van der Waals surface area (Å²) in [6.45, 7) is 26.7. The van der Waals surface area contributed by atoms with E-state index in [-0.39, 0.29) is 56.0 Å². The van der Waals surface area contributed by atoms with Crippen LogP contribution in [0.4, 0.5) is 22.7 Å². The third-order valence-corrected chi connectivity index (χ3v) is 28.1. The Morgan fingerprint density at radius 1 is 0.467 bits per heavy atom. The van der Waals surface area contributed by atoms with E-state index in [2.05, 4.69) is 106 Å². The number of fused-ring (bicyclic) bond motifs is 8.